The monoisotopic (exact) mass is 304 g/mol. The molecule has 0 amide bonds. The zero-order valence-electron chi connectivity index (χ0n) is 12.4. The van der Waals surface area contributed by atoms with E-state index < -0.39 is 0 Å². The number of piperidine rings is 1. The van der Waals surface area contributed by atoms with Gasteiger partial charge in [0.15, 0.2) is 0 Å². The molecule has 0 aromatic carbocycles. The van der Waals surface area contributed by atoms with E-state index in [4.69, 9.17) is 0 Å². The van der Waals surface area contributed by atoms with Crippen molar-refractivity contribution in [2.75, 3.05) is 18.4 Å². The summed E-state index contributed by atoms with van der Waals surface area (Å²) in [6.45, 7) is 6.37. The highest BCUT2D eigenvalue weighted by Gasteiger charge is 2.24. The van der Waals surface area contributed by atoms with E-state index in [0.717, 1.165) is 35.6 Å². The van der Waals surface area contributed by atoms with Crippen LogP contribution in [-0.4, -0.2) is 38.2 Å². The number of anilines is 2. The van der Waals surface area contributed by atoms with Gasteiger partial charge >= 0.3 is 0 Å². The molecular formula is C14H20N6S. The third-order valence-corrected chi connectivity index (χ3v) is 4.42. The molecule has 0 bridgehead atoms. The lowest BCUT2D eigenvalue weighted by Crippen LogP contribution is -2.33. The summed E-state index contributed by atoms with van der Waals surface area (Å²) in [5, 5.41) is 11.8. The smallest absolute Gasteiger partial charge is 0.210 e. The van der Waals surface area contributed by atoms with Gasteiger partial charge < -0.3 is 5.32 Å². The topological polar surface area (TPSA) is 66.8 Å². The van der Waals surface area contributed by atoms with Crippen LogP contribution in [0.25, 0.3) is 0 Å². The predicted molar refractivity (Wildman–Crippen MR) is 83.8 cm³/mol. The van der Waals surface area contributed by atoms with Gasteiger partial charge in [-0.1, -0.05) is 24.7 Å². The van der Waals surface area contributed by atoms with Crippen molar-refractivity contribution in [1.29, 1.82) is 0 Å². The van der Waals surface area contributed by atoms with E-state index in [9.17, 15) is 0 Å². The Balaban J connectivity index is 1.86. The Morgan fingerprint density at radius 3 is 3.05 bits per heavy atom. The lowest BCUT2D eigenvalue weighted by molar-refractivity contribution is 0.153. The number of nitrogens with one attached hydrogen (secondary N) is 1. The maximum Gasteiger partial charge on any atom is 0.210 e. The van der Waals surface area contributed by atoms with Crippen LogP contribution in [0.4, 0.5) is 10.9 Å². The summed E-state index contributed by atoms with van der Waals surface area (Å²) < 4.78 is 0. The Labute approximate surface area is 128 Å². The van der Waals surface area contributed by atoms with Crippen LogP contribution in [0.2, 0.25) is 0 Å². The summed E-state index contributed by atoms with van der Waals surface area (Å²) in [4.78, 5) is 11.6. The molecule has 1 saturated heterocycles. The molecule has 3 heterocycles. The second-order valence-corrected chi connectivity index (χ2v) is 6.07. The van der Waals surface area contributed by atoms with Crippen LogP contribution in [0, 0.1) is 6.92 Å². The van der Waals surface area contributed by atoms with Crippen molar-refractivity contribution in [3.8, 4) is 0 Å². The van der Waals surface area contributed by atoms with Crippen LogP contribution < -0.4 is 5.32 Å². The van der Waals surface area contributed by atoms with E-state index in [2.05, 4.69) is 37.3 Å². The van der Waals surface area contributed by atoms with Crippen LogP contribution in [0.5, 0.6) is 0 Å². The van der Waals surface area contributed by atoms with E-state index in [0.29, 0.717) is 6.04 Å². The number of aryl methyl sites for hydroxylation is 1. The van der Waals surface area contributed by atoms with Crippen molar-refractivity contribution in [2.24, 2.45) is 0 Å². The minimum absolute atomic E-state index is 0.403. The van der Waals surface area contributed by atoms with Crippen LogP contribution in [0.15, 0.2) is 11.6 Å². The second kappa shape index (κ2) is 6.44. The molecule has 0 unspecified atom stereocenters. The SMILES string of the molecule is CCN1CCCC[C@H]1c1cc(Nc2nncs2)nc(C)n1. The molecule has 1 aliphatic heterocycles. The van der Waals surface area contributed by atoms with Gasteiger partial charge in [-0.05, 0) is 32.9 Å². The number of nitrogens with zero attached hydrogens (tertiary/aromatic N) is 5. The fourth-order valence-electron chi connectivity index (χ4n) is 2.87. The van der Waals surface area contributed by atoms with Crippen molar-refractivity contribution in [3.63, 3.8) is 0 Å². The summed E-state index contributed by atoms with van der Waals surface area (Å²) >= 11 is 1.47. The summed E-state index contributed by atoms with van der Waals surface area (Å²) in [7, 11) is 0. The third-order valence-electron chi connectivity index (χ3n) is 3.81. The molecule has 7 heteroatoms. The molecule has 0 aliphatic carbocycles. The number of hydrogen-bond donors (Lipinski definition) is 1. The van der Waals surface area contributed by atoms with Crippen LogP contribution in [0.1, 0.15) is 43.7 Å². The first kappa shape index (κ1) is 14.3. The van der Waals surface area contributed by atoms with Crippen LogP contribution >= 0.6 is 11.3 Å². The molecular weight excluding hydrogens is 284 g/mol. The molecule has 0 spiro atoms. The minimum Gasteiger partial charge on any atom is -0.315 e. The first-order valence-electron chi connectivity index (χ1n) is 7.39. The Hall–Kier alpha value is -1.60. The molecule has 2 aromatic rings. The van der Waals surface area contributed by atoms with Crippen molar-refractivity contribution in [2.45, 2.75) is 39.2 Å². The third kappa shape index (κ3) is 3.36. The first-order chi connectivity index (χ1) is 10.3. The summed E-state index contributed by atoms with van der Waals surface area (Å²) in [6, 6.07) is 2.45. The molecule has 2 aromatic heterocycles. The Kier molecular flexibility index (Phi) is 4.40. The maximum atomic E-state index is 4.66. The largest absolute Gasteiger partial charge is 0.315 e. The van der Waals surface area contributed by atoms with Gasteiger partial charge in [-0.15, -0.1) is 10.2 Å². The molecule has 21 heavy (non-hydrogen) atoms. The number of rotatable bonds is 4. The molecule has 1 N–H and O–H groups in total. The Morgan fingerprint density at radius 2 is 2.29 bits per heavy atom. The maximum absolute atomic E-state index is 4.66. The van der Waals surface area contributed by atoms with Crippen LogP contribution in [-0.2, 0) is 0 Å². The fourth-order valence-corrected chi connectivity index (χ4v) is 3.32. The summed E-state index contributed by atoms with van der Waals surface area (Å²) in [6.07, 6.45) is 3.72. The molecule has 3 rings (SSSR count). The van der Waals surface area contributed by atoms with E-state index in [1.54, 1.807) is 5.51 Å². The molecule has 1 aliphatic rings. The summed E-state index contributed by atoms with van der Waals surface area (Å²) in [5.74, 6) is 1.59. The van der Waals surface area contributed by atoms with Gasteiger partial charge in [-0.3, -0.25) is 4.90 Å². The normalized spacial score (nSPS) is 19.6. The zero-order valence-corrected chi connectivity index (χ0v) is 13.2. The average Bonchev–Trinajstić information content (AvgIpc) is 2.99. The lowest BCUT2D eigenvalue weighted by atomic mass is 9.99. The molecule has 0 radical (unpaired) electrons. The fraction of sp³-hybridized carbons (Fsp3) is 0.571. The van der Waals surface area contributed by atoms with Crippen LogP contribution in [0.3, 0.4) is 0 Å². The zero-order chi connectivity index (χ0) is 14.7. The molecule has 1 fully saturated rings. The molecule has 0 saturated carbocycles. The van der Waals surface area contributed by atoms with Crippen molar-refractivity contribution >= 4 is 22.3 Å². The lowest BCUT2D eigenvalue weighted by Gasteiger charge is -2.34. The number of aromatic nitrogens is 4. The van der Waals surface area contributed by atoms with Crippen molar-refractivity contribution in [3.05, 3.63) is 23.1 Å². The number of hydrogen-bond acceptors (Lipinski definition) is 7. The van der Waals surface area contributed by atoms with Gasteiger partial charge in [0.1, 0.15) is 17.2 Å². The highest BCUT2D eigenvalue weighted by molar-refractivity contribution is 7.13. The van der Waals surface area contributed by atoms with Gasteiger partial charge in [0.05, 0.1) is 11.7 Å². The van der Waals surface area contributed by atoms with Crippen molar-refractivity contribution < 1.29 is 0 Å². The standard InChI is InChI=1S/C14H20N6S/c1-3-20-7-5-4-6-12(20)11-8-13(17-10(2)16-11)18-14-19-15-9-21-14/h8-9,12H,3-7H2,1-2H3,(H,16,17,18,19)/t12-/m0/s1. The second-order valence-electron chi connectivity index (χ2n) is 5.23. The highest BCUT2D eigenvalue weighted by atomic mass is 32.1. The van der Waals surface area contributed by atoms with Gasteiger partial charge in [0.25, 0.3) is 0 Å². The van der Waals surface area contributed by atoms with Gasteiger partial charge in [0, 0.05) is 6.07 Å². The molecule has 112 valence electrons. The quantitative estimate of drug-likeness (QED) is 0.937. The van der Waals surface area contributed by atoms with E-state index in [1.165, 1.54) is 30.6 Å². The van der Waals surface area contributed by atoms with E-state index in [-0.39, 0.29) is 0 Å². The van der Waals surface area contributed by atoms with E-state index >= 15 is 0 Å². The van der Waals surface area contributed by atoms with E-state index in [1.807, 2.05) is 13.0 Å². The molecule has 6 nitrogen and oxygen atoms in total. The van der Waals surface area contributed by atoms with Gasteiger partial charge in [-0.2, -0.15) is 0 Å². The average molecular weight is 304 g/mol. The number of likely N-dealkylation sites (tertiary alicyclic amines) is 1. The highest BCUT2D eigenvalue weighted by Crippen LogP contribution is 2.30. The summed E-state index contributed by atoms with van der Waals surface area (Å²) in [5.41, 5.74) is 2.81. The predicted octanol–water partition coefficient (Wildman–Crippen LogP) is 2.93. The Bertz CT molecular complexity index is 585. The van der Waals surface area contributed by atoms with Crippen molar-refractivity contribution in [1.82, 2.24) is 25.1 Å². The Morgan fingerprint density at radius 1 is 1.38 bits per heavy atom. The van der Waals surface area contributed by atoms with Gasteiger partial charge in [-0.25, -0.2) is 9.97 Å². The molecule has 1 atom stereocenters. The van der Waals surface area contributed by atoms with Gasteiger partial charge in [0.2, 0.25) is 5.13 Å². The minimum atomic E-state index is 0.403. The first-order valence-corrected chi connectivity index (χ1v) is 8.27.